The Kier molecular flexibility index (Phi) is 5.15. The van der Waals surface area contributed by atoms with Gasteiger partial charge in [0.25, 0.3) is 11.5 Å². The van der Waals surface area contributed by atoms with Crippen molar-refractivity contribution in [2.24, 2.45) is 7.05 Å². The topological polar surface area (TPSA) is 77.4 Å². The molecule has 1 heterocycles. The number of carbonyl (C=O) groups excluding carboxylic acids is 2. The van der Waals surface area contributed by atoms with Crippen LogP contribution in [0.15, 0.2) is 53.3 Å². The summed E-state index contributed by atoms with van der Waals surface area (Å²) in [6.07, 6.45) is -4.66. The zero-order valence-corrected chi connectivity index (χ0v) is 15.3. The molecule has 0 aliphatic heterocycles. The average Bonchev–Trinajstić information content (AvgIpc) is 2.65. The highest BCUT2D eigenvalue weighted by molar-refractivity contribution is 6.09. The molecule has 0 aliphatic carbocycles. The van der Waals surface area contributed by atoms with Crippen LogP contribution in [0, 0.1) is 0 Å². The number of nitrogens with zero attached hydrogens (tertiary/aromatic N) is 1. The van der Waals surface area contributed by atoms with Gasteiger partial charge in [0, 0.05) is 25.0 Å². The summed E-state index contributed by atoms with van der Waals surface area (Å²) in [6.45, 7) is 1.02. The van der Waals surface area contributed by atoms with E-state index in [2.05, 4.69) is 5.32 Å². The van der Waals surface area contributed by atoms with Gasteiger partial charge >= 0.3 is 12.1 Å². The molecule has 0 fully saturated rings. The summed E-state index contributed by atoms with van der Waals surface area (Å²) in [7, 11) is 1.31. The Hall–Kier alpha value is -3.62. The Morgan fingerprint density at radius 1 is 1.07 bits per heavy atom. The van der Waals surface area contributed by atoms with E-state index in [0.717, 1.165) is 29.7 Å². The van der Waals surface area contributed by atoms with Gasteiger partial charge in [-0.1, -0.05) is 18.2 Å². The summed E-state index contributed by atoms with van der Waals surface area (Å²) in [4.78, 5) is 37.1. The van der Waals surface area contributed by atoms with Crippen LogP contribution < -0.4 is 15.6 Å². The molecule has 0 aliphatic rings. The van der Waals surface area contributed by atoms with Crippen LogP contribution in [-0.2, 0) is 18.0 Å². The fraction of sp³-hybridized carbons (Fsp3) is 0.150. The Morgan fingerprint density at radius 3 is 2.31 bits per heavy atom. The van der Waals surface area contributed by atoms with Gasteiger partial charge in [0.15, 0.2) is 5.75 Å². The molecule has 1 amide bonds. The minimum Gasteiger partial charge on any atom is -0.425 e. The lowest BCUT2D eigenvalue weighted by molar-refractivity contribution is -0.137. The second-order valence-electron chi connectivity index (χ2n) is 6.21. The van der Waals surface area contributed by atoms with Crippen molar-refractivity contribution in [1.82, 2.24) is 4.57 Å². The number of aryl methyl sites for hydroxylation is 1. The van der Waals surface area contributed by atoms with Crippen LogP contribution in [0.3, 0.4) is 0 Å². The molecule has 0 saturated heterocycles. The first-order valence-corrected chi connectivity index (χ1v) is 8.38. The number of fused-ring (bicyclic) bond motifs is 1. The maximum Gasteiger partial charge on any atom is 0.416 e. The van der Waals surface area contributed by atoms with Gasteiger partial charge in [0.2, 0.25) is 0 Å². The number of rotatable bonds is 3. The number of hydrogen-bond donors (Lipinski definition) is 1. The molecule has 0 atom stereocenters. The van der Waals surface area contributed by atoms with E-state index in [0.29, 0.717) is 5.69 Å². The molecule has 3 rings (SSSR count). The lowest BCUT2D eigenvalue weighted by Crippen LogP contribution is -2.30. The van der Waals surface area contributed by atoms with Crippen LogP contribution >= 0.6 is 0 Å². The number of hydrogen-bond acceptors (Lipinski definition) is 4. The van der Waals surface area contributed by atoms with E-state index >= 15 is 0 Å². The summed E-state index contributed by atoms with van der Waals surface area (Å²) < 4.78 is 45.6. The molecule has 1 aromatic heterocycles. The highest BCUT2D eigenvalue weighted by atomic mass is 19.4. The fourth-order valence-electron chi connectivity index (χ4n) is 2.86. The largest absolute Gasteiger partial charge is 0.425 e. The summed E-state index contributed by atoms with van der Waals surface area (Å²) in [6, 6.07) is 10.8. The van der Waals surface area contributed by atoms with Crippen molar-refractivity contribution in [3.05, 3.63) is 70.0 Å². The summed E-state index contributed by atoms with van der Waals surface area (Å²) in [5, 5.41) is 2.30. The van der Waals surface area contributed by atoms with Crippen LogP contribution in [0.25, 0.3) is 10.9 Å². The molecule has 0 saturated carbocycles. The first-order chi connectivity index (χ1) is 13.6. The highest BCUT2D eigenvalue weighted by Crippen LogP contribution is 2.35. The van der Waals surface area contributed by atoms with E-state index in [1.54, 1.807) is 30.3 Å². The number of pyridine rings is 1. The number of carbonyl (C=O) groups is 2. The number of benzene rings is 2. The molecular weight excluding hydrogens is 389 g/mol. The summed E-state index contributed by atoms with van der Waals surface area (Å²) in [5.41, 5.74) is -1.96. The van der Waals surface area contributed by atoms with Crippen LogP contribution in [0.4, 0.5) is 18.9 Å². The van der Waals surface area contributed by atoms with Crippen molar-refractivity contribution in [2.45, 2.75) is 13.1 Å². The van der Waals surface area contributed by atoms with Crippen molar-refractivity contribution < 1.29 is 27.5 Å². The molecule has 0 spiro atoms. The van der Waals surface area contributed by atoms with Crippen molar-refractivity contribution >= 4 is 28.5 Å². The first kappa shape index (κ1) is 20.1. The van der Waals surface area contributed by atoms with Crippen LogP contribution in [0.2, 0.25) is 0 Å². The zero-order chi connectivity index (χ0) is 21.3. The van der Waals surface area contributed by atoms with Gasteiger partial charge in [-0.15, -0.1) is 0 Å². The second-order valence-corrected chi connectivity index (χ2v) is 6.21. The number of ether oxygens (including phenoxy) is 1. The minimum absolute atomic E-state index is 0.0792. The molecular formula is C20H15F3N2O4. The van der Waals surface area contributed by atoms with Gasteiger partial charge < -0.3 is 14.6 Å². The standard InChI is InChI=1S/C20H15F3N2O4/c1-11(26)29-17-14-10-12(20(21,22)23)8-9-15(14)25(2)19(28)16(17)18(27)24-13-6-4-3-5-7-13/h3-10H,1-2H3,(H,24,27). The van der Waals surface area contributed by atoms with Crippen molar-refractivity contribution in [3.8, 4) is 5.75 Å². The molecule has 3 aromatic rings. The molecule has 0 unspecified atom stereocenters. The molecule has 0 radical (unpaired) electrons. The number of anilines is 1. The van der Waals surface area contributed by atoms with E-state index in [-0.39, 0.29) is 10.9 Å². The Balaban J connectivity index is 2.29. The van der Waals surface area contributed by atoms with Gasteiger partial charge in [-0.2, -0.15) is 13.2 Å². The highest BCUT2D eigenvalue weighted by Gasteiger charge is 2.32. The predicted octanol–water partition coefficient (Wildman–Crippen LogP) is 3.73. The third-order valence-corrected chi connectivity index (χ3v) is 4.18. The number of para-hydroxylation sites is 1. The summed E-state index contributed by atoms with van der Waals surface area (Å²) >= 11 is 0. The molecule has 9 heteroatoms. The van der Waals surface area contributed by atoms with Crippen molar-refractivity contribution in [3.63, 3.8) is 0 Å². The Labute approximate surface area is 162 Å². The number of halogens is 3. The van der Waals surface area contributed by atoms with Gasteiger partial charge in [0.05, 0.1) is 11.1 Å². The van der Waals surface area contributed by atoms with Gasteiger partial charge in [-0.3, -0.25) is 14.4 Å². The average molecular weight is 404 g/mol. The van der Waals surface area contributed by atoms with E-state index < -0.39 is 40.5 Å². The lowest BCUT2D eigenvalue weighted by atomic mass is 10.1. The maximum atomic E-state index is 13.2. The van der Waals surface area contributed by atoms with Crippen molar-refractivity contribution in [2.75, 3.05) is 5.32 Å². The molecule has 2 aromatic carbocycles. The Morgan fingerprint density at radius 2 is 1.72 bits per heavy atom. The molecule has 0 bridgehead atoms. The number of amides is 1. The number of esters is 1. The van der Waals surface area contributed by atoms with E-state index in [1.807, 2.05) is 0 Å². The van der Waals surface area contributed by atoms with Crippen LogP contribution in [0.1, 0.15) is 22.8 Å². The molecule has 150 valence electrons. The molecule has 29 heavy (non-hydrogen) atoms. The first-order valence-electron chi connectivity index (χ1n) is 8.38. The normalized spacial score (nSPS) is 11.3. The number of aromatic nitrogens is 1. The third kappa shape index (κ3) is 3.98. The third-order valence-electron chi connectivity index (χ3n) is 4.18. The van der Waals surface area contributed by atoms with Crippen LogP contribution in [-0.4, -0.2) is 16.4 Å². The second kappa shape index (κ2) is 7.42. The SMILES string of the molecule is CC(=O)Oc1c(C(=O)Nc2ccccc2)c(=O)n(C)c2ccc(C(F)(F)F)cc12. The van der Waals surface area contributed by atoms with Gasteiger partial charge in [0.1, 0.15) is 5.56 Å². The smallest absolute Gasteiger partial charge is 0.416 e. The predicted molar refractivity (Wildman–Crippen MR) is 99.9 cm³/mol. The monoisotopic (exact) mass is 404 g/mol. The van der Waals surface area contributed by atoms with Crippen LogP contribution in [0.5, 0.6) is 5.75 Å². The fourth-order valence-corrected chi connectivity index (χ4v) is 2.86. The van der Waals surface area contributed by atoms with E-state index in [1.165, 1.54) is 7.05 Å². The van der Waals surface area contributed by atoms with Gasteiger partial charge in [-0.05, 0) is 30.3 Å². The number of alkyl halides is 3. The lowest BCUT2D eigenvalue weighted by Gasteiger charge is -2.16. The quantitative estimate of drug-likeness (QED) is 0.675. The summed E-state index contributed by atoms with van der Waals surface area (Å²) in [5.74, 6) is -2.31. The van der Waals surface area contributed by atoms with Crippen molar-refractivity contribution in [1.29, 1.82) is 0 Å². The zero-order valence-electron chi connectivity index (χ0n) is 15.3. The Bertz CT molecular complexity index is 1170. The van der Waals surface area contributed by atoms with Gasteiger partial charge in [-0.25, -0.2) is 0 Å². The van der Waals surface area contributed by atoms with E-state index in [9.17, 15) is 27.6 Å². The number of nitrogens with one attached hydrogen (secondary N) is 1. The molecule has 6 nitrogen and oxygen atoms in total. The minimum atomic E-state index is -4.66. The molecule has 1 N–H and O–H groups in total. The maximum absolute atomic E-state index is 13.2. The van der Waals surface area contributed by atoms with E-state index in [4.69, 9.17) is 4.74 Å².